The summed E-state index contributed by atoms with van der Waals surface area (Å²) in [6.07, 6.45) is 0. The minimum Gasteiger partial charge on any atom is -0.392 e. The third-order valence-electron chi connectivity index (χ3n) is 1.24. The summed E-state index contributed by atoms with van der Waals surface area (Å²) in [6, 6.07) is 2.34. The van der Waals surface area contributed by atoms with Gasteiger partial charge in [0.15, 0.2) is 11.6 Å². The molecule has 0 radical (unpaired) electrons. The predicted octanol–water partition coefficient (Wildman–Crippen LogP) is 2.22. The van der Waals surface area contributed by atoms with Gasteiger partial charge in [0.1, 0.15) is 0 Å². The van der Waals surface area contributed by atoms with Gasteiger partial charge in [-0.1, -0.05) is 15.9 Å². The molecule has 0 spiro atoms. The minimum absolute atomic E-state index is 0.0446. The first-order valence-corrected chi connectivity index (χ1v) is 3.68. The van der Waals surface area contributed by atoms with Crippen molar-refractivity contribution >= 4 is 15.9 Å². The van der Waals surface area contributed by atoms with E-state index in [1.165, 1.54) is 6.07 Å². The van der Waals surface area contributed by atoms with E-state index < -0.39 is 18.2 Å². The van der Waals surface area contributed by atoms with Crippen molar-refractivity contribution in [2.45, 2.75) is 6.61 Å². The monoisotopic (exact) mass is 222 g/mol. The van der Waals surface area contributed by atoms with Crippen molar-refractivity contribution in [2.24, 2.45) is 0 Å². The third kappa shape index (κ3) is 1.75. The Labute approximate surface area is 70.8 Å². The zero-order valence-electron chi connectivity index (χ0n) is 5.44. The fraction of sp³-hybridized carbons (Fsp3) is 0.143. The average Bonchev–Trinajstić information content (AvgIpc) is 1.96. The van der Waals surface area contributed by atoms with Crippen molar-refractivity contribution in [3.8, 4) is 0 Å². The second-order valence-corrected chi connectivity index (χ2v) is 2.93. The van der Waals surface area contributed by atoms with Gasteiger partial charge in [-0.05, 0) is 12.1 Å². The molecule has 0 unspecified atom stereocenters. The quantitative estimate of drug-likeness (QED) is 0.723. The number of hydrogen-bond acceptors (Lipinski definition) is 1. The highest BCUT2D eigenvalue weighted by Gasteiger charge is 2.07. The molecule has 0 aliphatic carbocycles. The van der Waals surface area contributed by atoms with Crippen molar-refractivity contribution < 1.29 is 13.9 Å². The van der Waals surface area contributed by atoms with Crippen LogP contribution in [0.3, 0.4) is 0 Å². The zero-order valence-corrected chi connectivity index (χ0v) is 7.03. The highest BCUT2D eigenvalue weighted by atomic mass is 79.9. The van der Waals surface area contributed by atoms with E-state index in [9.17, 15) is 8.78 Å². The Hall–Kier alpha value is -0.480. The molecule has 0 saturated heterocycles. The summed E-state index contributed by atoms with van der Waals surface area (Å²) in [5.41, 5.74) is -0.0446. The van der Waals surface area contributed by atoms with Crippen LogP contribution in [0.1, 0.15) is 5.56 Å². The van der Waals surface area contributed by atoms with E-state index in [0.717, 1.165) is 6.07 Å². The van der Waals surface area contributed by atoms with Crippen LogP contribution in [0.25, 0.3) is 0 Å². The lowest BCUT2D eigenvalue weighted by atomic mass is 10.2. The molecular weight excluding hydrogens is 218 g/mol. The van der Waals surface area contributed by atoms with Gasteiger partial charge in [0, 0.05) is 10.0 Å². The number of aliphatic hydroxyl groups is 1. The summed E-state index contributed by atoms with van der Waals surface area (Å²) in [5.74, 6) is -1.95. The lowest BCUT2D eigenvalue weighted by molar-refractivity contribution is 0.273. The van der Waals surface area contributed by atoms with Gasteiger partial charge < -0.3 is 5.11 Å². The molecule has 0 saturated carbocycles. The lowest BCUT2D eigenvalue weighted by Crippen LogP contribution is -1.93. The van der Waals surface area contributed by atoms with Crippen molar-refractivity contribution in [3.63, 3.8) is 0 Å². The van der Waals surface area contributed by atoms with Gasteiger partial charge in [0.2, 0.25) is 0 Å². The van der Waals surface area contributed by atoms with E-state index in [1.54, 1.807) is 0 Å². The summed E-state index contributed by atoms with van der Waals surface area (Å²) in [5, 5.41) is 8.54. The molecule has 1 nitrogen and oxygen atoms in total. The average molecular weight is 223 g/mol. The Morgan fingerprint density at radius 2 is 2.00 bits per heavy atom. The number of benzene rings is 1. The van der Waals surface area contributed by atoms with Gasteiger partial charge in [0.25, 0.3) is 0 Å². The molecule has 0 fully saturated rings. The molecule has 1 rings (SSSR count). The standard InChI is InChI=1S/C7H5BrF2O/c8-5-1-4(3-11)7(10)6(9)2-5/h1-2,11H,3H2. The Bertz CT molecular complexity index is 275. The summed E-state index contributed by atoms with van der Waals surface area (Å²) in [4.78, 5) is 0. The molecule has 0 aliphatic heterocycles. The van der Waals surface area contributed by atoms with Crippen LogP contribution in [0.15, 0.2) is 16.6 Å². The maximum absolute atomic E-state index is 12.6. The van der Waals surface area contributed by atoms with Crippen LogP contribution in [-0.4, -0.2) is 5.11 Å². The van der Waals surface area contributed by atoms with Gasteiger partial charge in [-0.25, -0.2) is 8.78 Å². The number of rotatable bonds is 1. The van der Waals surface area contributed by atoms with Gasteiger partial charge in [-0.15, -0.1) is 0 Å². The smallest absolute Gasteiger partial charge is 0.164 e. The number of halogens is 3. The van der Waals surface area contributed by atoms with Gasteiger partial charge >= 0.3 is 0 Å². The van der Waals surface area contributed by atoms with Crippen LogP contribution in [0, 0.1) is 11.6 Å². The number of aliphatic hydroxyl groups excluding tert-OH is 1. The molecule has 60 valence electrons. The highest BCUT2D eigenvalue weighted by molar-refractivity contribution is 9.10. The Kier molecular flexibility index (Phi) is 2.57. The molecule has 4 heteroatoms. The Balaban J connectivity index is 3.24. The molecule has 0 atom stereocenters. The van der Waals surface area contributed by atoms with Gasteiger partial charge in [-0.3, -0.25) is 0 Å². The summed E-state index contributed by atoms with van der Waals surface area (Å²) in [7, 11) is 0. The van der Waals surface area contributed by atoms with E-state index in [0.29, 0.717) is 4.47 Å². The second kappa shape index (κ2) is 3.28. The van der Waals surface area contributed by atoms with Crippen LogP contribution in [0.4, 0.5) is 8.78 Å². The molecule has 11 heavy (non-hydrogen) atoms. The van der Waals surface area contributed by atoms with E-state index in [-0.39, 0.29) is 5.56 Å². The van der Waals surface area contributed by atoms with E-state index >= 15 is 0 Å². The van der Waals surface area contributed by atoms with E-state index in [4.69, 9.17) is 5.11 Å². The largest absolute Gasteiger partial charge is 0.392 e. The molecule has 0 aromatic heterocycles. The number of hydrogen-bond donors (Lipinski definition) is 1. The molecule has 0 heterocycles. The van der Waals surface area contributed by atoms with Crippen molar-refractivity contribution in [1.82, 2.24) is 0 Å². The molecule has 0 aliphatic rings. The highest BCUT2D eigenvalue weighted by Crippen LogP contribution is 2.18. The van der Waals surface area contributed by atoms with Crippen LogP contribution < -0.4 is 0 Å². The Morgan fingerprint density at radius 1 is 1.36 bits per heavy atom. The Morgan fingerprint density at radius 3 is 2.55 bits per heavy atom. The second-order valence-electron chi connectivity index (χ2n) is 2.02. The molecule has 1 aromatic rings. The van der Waals surface area contributed by atoms with E-state index in [2.05, 4.69) is 15.9 Å². The van der Waals surface area contributed by atoms with Crippen molar-refractivity contribution in [1.29, 1.82) is 0 Å². The minimum atomic E-state index is -0.990. The van der Waals surface area contributed by atoms with E-state index in [1.807, 2.05) is 0 Å². The fourth-order valence-corrected chi connectivity index (χ4v) is 1.20. The van der Waals surface area contributed by atoms with Gasteiger partial charge in [0.05, 0.1) is 6.61 Å². The summed E-state index contributed by atoms with van der Waals surface area (Å²) < 4.78 is 25.6. The van der Waals surface area contributed by atoms with Crippen molar-refractivity contribution in [3.05, 3.63) is 33.8 Å². The molecular formula is C7H5BrF2O. The normalized spacial score (nSPS) is 10.2. The molecule has 0 amide bonds. The SMILES string of the molecule is OCc1cc(Br)cc(F)c1F. The summed E-state index contributed by atoms with van der Waals surface area (Å²) >= 11 is 2.97. The van der Waals surface area contributed by atoms with Crippen molar-refractivity contribution in [2.75, 3.05) is 0 Å². The maximum atomic E-state index is 12.6. The van der Waals surface area contributed by atoms with Crippen LogP contribution >= 0.6 is 15.9 Å². The zero-order chi connectivity index (χ0) is 8.43. The van der Waals surface area contributed by atoms with Crippen LogP contribution in [0.5, 0.6) is 0 Å². The van der Waals surface area contributed by atoms with Gasteiger partial charge in [-0.2, -0.15) is 0 Å². The molecule has 1 aromatic carbocycles. The first-order chi connectivity index (χ1) is 5.15. The molecule has 1 N–H and O–H groups in total. The third-order valence-corrected chi connectivity index (χ3v) is 1.70. The first kappa shape index (κ1) is 8.62. The first-order valence-electron chi connectivity index (χ1n) is 2.89. The lowest BCUT2D eigenvalue weighted by Gasteiger charge is -2.00. The topological polar surface area (TPSA) is 20.2 Å². The predicted molar refractivity (Wildman–Crippen MR) is 40.0 cm³/mol. The van der Waals surface area contributed by atoms with Crippen LogP contribution in [0.2, 0.25) is 0 Å². The molecule has 0 bridgehead atoms. The fourth-order valence-electron chi connectivity index (χ4n) is 0.724. The van der Waals surface area contributed by atoms with Crippen LogP contribution in [-0.2, 0) is 6.61 Å². The maximum Gasteiger partial charge on any atom is 0.164 e. The summed E-state index contributed by atoms with van der Waals surface area (Å²) in [6.45, 7) is -0.498.